The Balaban J connectivity index is 2.22. The molecule has 1 unspecified atom stereocenters. The van der Waals surface area contributed by atoms with E-state index in [0.29, 0.717) is 11.8 Å². The average molecular weight is 152 g/mol. The van der Waals surface area contributed by atoms with E-state index in [0.717, 1.165) is 12.3 Å². The first-order valence-electron chi connectivity index (χ1n) is 4.29. The number of hydrogen-bond acceptors (Lipinski definition) is 1. The number of rotatable bonds is 3. The van der Waals surface area contributed by atoms with Crippen LogP contribution in [0.25, 0.3) is 0 Å². The smallest absolute Gasteiger partial charge is 0.117 e. The zero-order chi connectivity index (χ0) is 8.43. The lowest BCUT2D eigenvalue weighted by Gasteiger charge is -2.04. The highest BCUT2D eigenvalue weighted by Crippen LogP contribution is 2.45. The van der Waals surface area contributed by atoms with Gasteiger partial charge in [0.05, 0.1) is 0 Å². The van der Waals surface area contributed by atoms with Crippen LogP contribution >= 0.6 is 0 Å². The summed E-state index contributed by atoms with van der Waals surface area (Å²) < 4.78 is 0. The zero-order valence-corrected chi connectivity index (χ0v) is 7.25. The van der Waals surface area contributed by atoms with Crippen LogP contribution in [-0.2, 0) is 0 Å². The molecule has 1 nitrogen and oxygen atoms in total. The minimum atomic E-state index is -0.487. The van der Waals surface area contributed by atoms with Crippen LogP contribution in [0.4, 0.5) is 0 Å². The van der Waals surface area contributed by atoms with Crippen LogP contribution in [-0.4, -0.2) is 11.2 Å². The van der Waals surface area contributed by atoms with Crippen LogP contribution in [0.15, 0.2) is 0 Å². The fourth-order valence-electron chi connectivity index (χ4n) is 1.66. The summed E-state index contributed by atoms with van der Waals surface area (Å²) >= 11 is 0. The summed E-state index contributed by atoms with van der Waals surface area (Å²) in [7, 11) is 0. The van der Waals surface area contributed by atoms with Crippen LogP contribution in [0.1, 0.15) is 26.7 Å². The van der Waals surface area contributed by atoms with Crippen molar-refractivity contribution in [1.29, 1.82) is 0 Å². The second kappa shape index (κ2) is 3.28. The van der Waals surface area contributed by atoms with E-state index >= 15 is 0 Å². The van der Waals surface area contributed by atoms with E-state index in [1.54, 1.807) is 0 Å². The topological polar surface area (TPSA) is 20.2 Å². The molecule has 0 aromatic rings. The zero-order valence-electron chi connectivity index (χ0n) is 7.25. The Bertz CT molecular complexity index is 166. The maximum absolute atomic E-state index is 9.24. The third-order valence-corrected chi connectivity index (χ3v) is 2.33. The van der Waals surface area contributed by atoms with Gasteiger partial charge in [0.1, 0.15) is 6.10 Å². The van der Waals surface area contributed by atoms with E-state index in [-0.39, 0.29) is 0 Å². The number of aliphatic hydroxyl groups excluding tert-OH is 1. The van der Waals surface area contributed by atoms with Crippen LogP contribution in [0.5, 0.6) is 0 Å². The minimum absolute atomic E-state index is 0.405. The lowest BCUT2D eigenvalue weighted by molar-refractivity contribution is 0.199. The number of hydrogen-bond donors (Lipinski definition) is 1. The fourth-order valence-corrected chi connectivity index (χ4v) is 1.66. The first-order chi connectivity index (χ1) is 5.15. The molecule has 0 saturated heterocycles. The van der Waals surface area contributed by atoms with Crippen LogP contribution in [0.2, 0.25) is 0 Å². The summed E-state index contributed by atoms with van der Waals surface area (Å²) in [6.45, 7) is 4.41. The standard InChI is InChI=1S/C10H16O/c1-4-10(11)9-6-8(9)5-7(2)3/h1,7-11H,5-6H2,2-3H3/t8-,9-,10?/m1/s1. The quantitative estimate of drug-likeness (QED) is 0.610. The summed E-state index contributed by atoms with van der Waals surface area (Å²) in [5, 5.41) is 9.24. The van der Waals surface area contributed by atoms with Crippen molar-refractivity contribution in [2.75, 3.05) is 0 Å². The molecule has 1 aliphatic rings. The van der Waals surface area contributed by atoms with Crippen molar-refractivity contribution < 1.29 is 5.11 Å². The largest absolute Gasteiger partial charge is 0.380 e. The van der Waals surface area contributed by atoms with Gasteiger partial charge in [-0.15, -0.1) is 6.42 Å². The Morgan fingerprint density at radius 1 is 1.64 bits per heavy atom. The molecule has 1 fully saturated rings. The fraction of sp³-hybridized carbons (Fsp3) is 0.800. The van der Waals surface area contributed by atoms with Crippen molar-refractivity contribution >= 4 is 0 Å². The van der Waals surface area contributed by atoms with Crippen LogP contribution in [0, 0.1) is 30.1 Å². The van der Waals surface area contributed by atoms with Gasteiger partial charge in [-0.2, -0.15) is 0 Å². The van der Waals surface area contributed by atoms with E-state index in [1.807, 2.05) is 0 Å². The van der Waals surface area contributed by atoms with Crippen molar-refractivity contribution in [1.82, 2.24) is 0 Å². The van der Waals surface area contributed by atoms with Gasteiger partial charge >= 0.3 is 0 Å². The molecule has 0 amide bonds. The summed E-state index contributed by atoms with van der Waals surface area (Å²) in [6.07, 6.45) is 6.96. The molecule has 0 heterocycles. The van der Waals surface area contributed by atoms with Gasteiger partial charge in [0.2, 0.25) is 0 Å². The van der Waals surface area contributed by atoms with Crippen LogP contribution in [0.3, 0.4) is 0 Å². The molecule has 11 heavy (non-hydrogen) atoms. The third-order valence-electron chi connectivity index (χ3n) is 2.33. The first kappa shape index (κ1) is 8.62. The molecular formula is C10H16O. The summed E-state index contributed by atoms with van der Waals surface area (Å²) in [4.78, 5) is 0. The van der Waals surface area contributed by atoms with Crippen molar-refractivity contribution in [3.63, 3.8) is 0 Å². The van der Waals surface area contributed by atoms with Gasteiger partial charge in [-0.1, -0.05) is 19.8 Å². The van der Waals surface area contributed by atoms with Crippen molar-refractivity contribution in [3.8, 4) is 12.3 Å². The Morgan fingerprint density at radius 2 is 2.27 bits per heavy atom. The van der Waals surface area contributed by atoms with Crippen molar-refractivity contribution in [2.45, 2.75) is 32.8 Å². The van der Waals surface area contributed by atoms with E-state index in [1.165, 1.54) is 6.42 Å². The summed E-state index contributed by atoms with van der Waals surface area (Å²) in [5.41, 5.74) is 0. The lowest BCUT2D eigenvalue weighted by atomic mass is 10.0. The van der Waals surface area contributed by atoms with Gasteiger partial charge in [0.15, 0.2) is 0 Å². The Hall–Kier alpha value is -0.480. The predicted molar refractivity (Wildman–Crippen MR) is 45.9 cm³/mol. The third kappa shape index (κ3) is 2.24. The lowest BCUT2D eigenvalue weighted by Crippen LogP contribution is -2.07. The van der Waals surface area contributed by atoms with Gasteiger partial charge in [-0.05, 0) is 30.6 Å². The van der Waals surface area contributed by atoms with Gasteiger partial charge in [0.25, 0.3) is 0 Å². The Kier molecular flexibility index (Phi) is 2.57. The van der Waals surface area contributed by atoms with E-state index in [2.05, 4.69) is 19.8 Å². The van der Waals surface area contributed by atoms with Gasteiger partial charge in [-0.3, -0.25) is 0 Å². The average Bonchev–Trinajstić information content (AvgIpc) is 2.65. The maximum atomic E-state index is 9.24. The summed E-state index contributed by atoms with van der Waals surface area (Å²) in [5.74, 6) is 4.22. The highest BCUT2D eigenvalue weighted by atomic mass is 16.3. The molecule has 1 heteroatoms. The normalized spacial score (nSPS) is 31.5. The van der Waals surface area contributed by atoms with E-state index in [4.69, 9.17) is 6.42 Å². The highest BCUT2D eigenvalue weighted by Gasteiger charge is 2.41. The van der Waals surface area contributed by atoms with Crippen LogP contribution < -0.4 is 0 Å². The molecule has 1 rings (SSSR count). The number of aliphatic hydroxyl groups is 1. The molecule has 0 radical (unpaired) electrons. The highest BCUT2D eigenvalue weighted by molar-refractivity contribution is 5.05. The van der Waals surface area contributed by atoms with E-state index < -0.39 is 6.10 Å². The second-order valence-electron chi connectivity index (χ2n) is 3.90. The minimum Gasteiger partial charge on any atom is -0.380 e. The Labute approximate surface area is 68.8 Å². The van der Waals surface area contributed by atoms with Crippen molar-refractivity contribution in [3.05, 3.63) is 0 Å². The molecule has 0 aromatic carbocycles. The maximum Gasteiger partial charge on any atom is 0.117 e. The van der Waals surface area contributed by atoms with Gasteiger partial charge < -0.3 is 5.11 Å². The monoisotopic (exact) mass is 152 g/mol. The molecule has 1 N–H and O–H groups in total. The molecule has 62 valence electrons. The number of terminal acetylenes is 1. The Morgan fingerprint density at radius 3 is 2.73 bits per heavy atom. The molecule has 0 aromatic heterocycles. The van der Waals surface area contributed by atoms with Gasteiger partial charge in [-0.25, -0.2) is 0 Å². The molecule has 0 aliphatic heterocycles. The first-order valence-corrected chi connectivity index (χ1v) is 4.29. The van der Waals surface area contributed by atoms with E-state index in [9.17, 15) is 5.11 Å². The second-order valence-corrected chi connectivity index (χ2v) is 3.90. The SMILES string of the molecule is C#CC(O)[C@@H]1C[C@H]1CC(C)C. The summed E-state index contributed by atoms with van der Waals surface area (Å²) in [6, 6.07) is 0. The molecule has 0 spiro atoms. The molecule has 1 saturated carbocycles. The molecule has 0 bridgehead atoms. The molecule has 1 aliphatic carbocycles. The van der Waals surface area contributed by atoms with Gasteiger partial charge in [0, 0.05) is 0 Å². The molecular weight excluding hydrogens is 136 g/mol. The van der Waals surface area contributed by atoms with Crippen molar-refractivity contribution in [2.24, 2.45) is 17.8 Å². The predicted octanol–water partition coefficient (Wildman–Crippen LogP) is 1.66. The molecule has 3 atom stereocenters.